The summed E-state index contributed by atoms with van der Waals surface area (Å²) in [5, 5.41) is 0.107. The molecule has 2 aromatic rings. The van der Waals surface area contributed by atoms with Crippen molar-refractivity contribution in [2.24, 2.45) is 0 Å². The number of carbonyl (C=O) groups excluding carboxylic acids is 1. The molecule has 8 nitrogen and oxygen atoms in total. The van der Waals surface area contributed by atoms with Crippen molar-refractivity contribution in [3.8, 4) is 5.75 Å². The van der Waals surface area contributed by atoms with E-state index in [4.69, 9.17) is 9.57 Å². The molecule has 0 bridgehead atoms. The van der Waals surface area contributed by atoms with Crippen molar-refractivity contribution in [2.45, 2.75) is 66.2 Å². The van der Waals surface area contributed by atoms with Gasteiger partial charge in [0.1, 0.15) is 5.75 Å². The Morgan fingerprint density at radius 1 is 1.05 bits per heavy atom. The summed E-state index contributed by atoms with van der Waals surface area (Å²) in [5.74, 6) is -0.757. The molecule has 0 aliphatic carbocycles. The van der Waals surface area contributed by atoms with Gasteiger partial charge in [0.15, 0.2) is 6.29 Å². The van der Waals surface area contributed by atoms with Gasteiger partial charge in [-0.15, -0.1) is 24.9 Å². The summed E-state index contributed by atoms with van der Waals surface area (Å²) in [4.78, 5) is 18.6. The maximum absolute atomic E-state index is 13.4. The lowest BCUT2D eigenvalue weighted by Crippen LogP contribution is -2.40. The number of carbonyl (C=O) groups is 1. The van der Waals surface area contributed by atoms with Crippen LogP contribution in [-0.2, 0) is 30.8 Å². The number of piperidine rings is 1. The largest absolute Gasteiger partial charge is 0.573 e. The third kappa shape index (κ3) is 8.09. The second-order valence-electron chi connectivity index (χ2n) is 8.96. The molecule has 208 valence electrons. The van der Waals surface area contributed by atoms with E-state index in [1.54, 1.807) is 30.3 Å². The van der Waals surface area contributed by atoms with Crippen molar-refractivity contribution in [2.75, 3.05) is 19.7 Å². The van der Waals surface area contributed by atoms with Crippen molar-refractivity contribution < 1.29 is 40.7 Å². The standard InChI is InChI=1S/C25H29F3N2O6S2/c26-25(27,28)35-19-8-10-20(11-9-19)37-21-12-14-30(15-13-21)38(32,33)22-6-2-1-5-18(22)17-23(31)29-36-24-7-3-4-16-34-24/h1-2,5-6,8-11,21,24H,3-4,7,12-17H2,(H,29,31). The zero-order valence-electron chi connectivity index (χ0n) is 20.5. The molecule has 0 aromatic heterocycles. The molecule has 4 rings (SSSR count). The maximum Gasteiger partial charge on any atom is 0.573 e. The zero-order chi connectivity index (χ0) is 27.2. The number of alkyl halides is 3. The number of ether oxygens (including phenoxy) is 2. The minimum Gasteiger partial charge on any atom is -0.406 e. The van der Waals surface area contributed by atoms with Crippen LogP contribution in [0.3, 0.4) is 0 Å². The van der Waals surface area contributed by atoms with Gasteiger partial charge in [0.25, 0.3) is 0 Å². The average molecular weight is 575 g/mol. The van der Waals surface area contributed by atoms with Gasteiger partial charge in [-0.05, 0) is 61.6 Å². The normalized spacial score (nSPS) is 19.7. The van der Waals surface area contributed by atoms with E-state index in [9.17, 15) is 26.4 Å². The number of rotatable bonds is 9. The molecule has 2 fully saturated rings. The van der Waals surface area contributed by atoms with E-state index >= 15 is 0 Å². The Balaban J connectivity index is 1.31. The first kappa shape index (κ1) is 28.7. The molecule has 2 aliphatic rings. The van der Waals surface area contributed by atoms with Crippen LogP contribution >= 0.6 is 11.8 Å². The van der Waals surface area contributed by atoms with Crippen LogP contribution in [0.1, 0.15) is 37.7 Å². The molecular formula is C25H29F3N2O6S2. The van der Waals surface area contributed by atoms with Gasteiger partial charge in [-0.2, -0.15) is 4.31 Å². The average Bonchev–Trinajstić information content (AvgIpc) is 2.89. The smallest absolute Gasteiger partial charge is 0.406 e. The topological polar surface area (TPSA) is 94.2 Å². The minimum atomic E-state index is -4.74. The summed E-state index contributed by atoms with van der Waals surface area (Å²) < 4.78 is 74.7. The second-order valence-corrected chi connectivity index (χ2v) is 12.2. The Morgan fingerprint density at radius 3 is 2.42 bits per heavy atom. The van der Waals surface area contributed by atoms with Gasteiger partial charge in [-0.3, -0.25) is 4.79 Å². The minimum absolute atomic E-state index is 0.0791. The fraction of sp³-hybridized carbons (Fsp3) is 0.480. The third-order valence-corrected chi connectivity index (χ3v) is 9.49. The highest BCUT2D eigenvalue weighted by Crippen LogP contribution is 2.34. The van der Waals surface area contributed by atoms with Gasteiger partial charge < -0.3 is 9.47 Å². The lowest BCUT2D eigenvalue weighted by atomic mass is 10.1. The summed E-state index contributed by atoms with van der Waals surface area (Å²) in [5.41, 5.74) is 2.74. The second kappa shape index (κ2) is 12.7. The summed E-state index contributed by atoms with van der Waals surface area (Å²) in [6.07, 6.45) is -1.70. The van der Waals surface area contributed by atoms with Gasteiger partial charge in [0.05, 0.1) is 11.3 Å². The Bertz CT molecular complexity index is 1180. The number of nitrogens with one attached hydrogen (secondary N) is 1. The number of hydrogen-bond donors (Lipinski definition) is 1. The van der Waals surface area contributed by atoms with Crippen LogP contribution in [0, 0.1) is 0 Å². The van der Waals surface area contributed by atoms with Crippen LogP contribution in [0.2, 0.25) is 0 Å². The lowest BCUT2D eigenvalue weighted by molar-refractivity contribution is -0.274. The Labute approximate surface area is 223 Å². The van der Waals surface area contributed by atoms with Gasteiger partial charge in [-0.1, -0.05) is 18.2 Å². The molecule has 1 amide bonds. The summed E-state index contributed by atoms with van der Waals surface area (Å²) in [6, 6.07) is 12.0. The first-order valence-electron chi connectivity index (χ1n) is 12.3. The first-order chi connectivity index (χ1) is 18.1. The molecule has 38 heavy (non-hydrogen) atoms. The van der Waals surface area contributed by atoms with E-state index in [1.165, 1.54) is 34.3 Å². The van der Waals surface area contributed by atoms with Crippen molar-refractivity contribution >= 4 is 27.7 Å². The number of hydroxylamine groups is 1. The molecule has 2 saturated heterocycles. The van der Waals surface area contributed by atoms with E-state index in [0.717, 1.165) is 17.7 Å². The molecule has 2 aliphatic heterocycles. The highest BCUT2D eigenvalue weighted by atomic mass is 32.2. The van der Waals surface area contributed by atoms with Crippen LogP contribution in [0.4, 0.5) is 13.2 Å². The molecule has 0 radical (unpaired) electrons. The molecule has 1 atom stereocenters. The summed E-state index contributed by atoms with van der Waals surface area (Å²) >= 11 is 1.49. The van der Waals surface area contributed by atoms with E-state index in [1.807, 2.05) is 0 Å². The van der Waals surface area contributed by atoms with Crippen molar-refractivity contribution in [3.05, 3.63) is 54.1 Å². The van der Waals surface area contributed by atoms with E-state index in [2.05, 4.69) is 10.2 Å². The van der Waals surface area contributed by atoms with E-state index < -0.39 is 28.6 Å². The van der Waals surface area contributed by atoms with Gasteiger partial charge in [0.2, 0.25) is 15.9 Å². The maximum atomic E-state index is 13.4. The molecule has 0 saturated carbocycles. The SMILES string of the molecule is O=C(Cc1ccccc1S(=O)(=O)N1CCC(Sc2ccc(OC(F)(F)F)cc2)CC1)NOC1CCCCO1. The fourth-order valence-corrected chi connectivity index (χ4v) is 7.10. The zero-order valence-corrected chi connectivity index (χ0v) is 22.1. The Kier molecular flexibility index (Phi) is 9.58. The Morgan fingerprint density at radius 2 is 1.76 bits per heavy atom. The van der Waals surface area contributed by atoms with Crippen molar-refractivity contribution in [1.29, 1.82) is 0 Å². The number of amides is 1. The quantitative estimate of drug-likeness (QED) is 0.436. The molecule has 0 spiro atoms. The number of sulfonamides is 1. The fourth-order valence-electron chi connectivity index (χ4n) is 4.29. The molecular weight excluding hydrogens is 545 g/mol. The molecule has 1 unspecified atom stereocenters. The number of benzene rings is 2. The number of nitrogens with zero attached hydrogens (tertiary/aromatic N) is 1. The number of halogens is 3. The highest BCUT2D eigenvalue weighted by molar-refractivity contribution is 8.00. The van der Waals surface area contributed by atoms with E-state index in [-0.39, 0.29) is 35.4 Å². The molecule has 1 N–H and O–H groups in total. The van der Waals surface area contributed by atoms with Gasteiger partial charge in [-0.25, -0.2) is 18.7 Å². The third-order valence-electron chi connectivity index (χ3n) is 6.14. The van der Waals surface area contributed by atoms with Gasteiger partial charge >= 0.3 is 6.36 Å². The van der Waals surface area contributed by atoms with Crippen LogP contribution in [0.25, 0.3) is 0 Å². The molecule has 2 aromatic carbocycles. The van der Waals surface area contributed by atoms with Gasteiger partial charge in [0, 0.05) is 36.3 Å². The number of hydrogen-bond acceptors (Lipinski definition) is 7. The molecule has 13 heteroatoms. The first-order valence-corrected chi connectivity index (χ1v) is 14.6. The number of thioether (sulfide) groups is 1. The summed E-state index contributed by atoms with van der Waals surface area (Å²) in [6.45, 7) is 1.15. The predicted molar refractivity (Wildman–Crippen MR) is 134 cm³/mol. The van der Waals surface area contributed by atoms with Crippen molar-refractivity contribution in [1.82, 2.24) is 9.79 Å². The highest BCUT2D eigenvalue weighted by Gasteiger charge is 2.32. The monoisotopic (exact) mass is 574 g/mol. The van der Waals surface area contributed by atoms with Crippen molar-refractivity contribution in [3.63, 3.8) is 0 Å². The van der Waals surface area contributed by atoms with Crippen LogP contribution < -0.4 is 10.2 Å². The molecule has 2 heterocycles. The van der Waals surface area contributed by atoms with Crippen LogP contribution in [-0.4, -0.2) is 56.2 Å². The summed E-state index contributed by atoms with van der Waals surface area (Å²) in [7, 11) is -3.84. The predicted octanol–water partition coefficient (Wildman–Crippen LogP) is 4.65. The van der Waals surface area contributed by atoms with E-state index in [0.29, 0.717) is 31.4 Å². The van der Waals surface area contributed by atoms with Crippen LogP contribution in [0.5, 0.6) is 5.75 Å². The van der Waals surface area contributed by atoms with Crippen LogP contribution in [0.15, 0.2) is 58.3 Å². The Hall–Kier alpha value is -2.32. The lowest BCUT2D eigenvalue weighted by Gasteiger charge is -2.31.